The lowest BCUT2D eigenvalue weighted by Gasteiger charge is -2.42. The SMILES string of the molecule is CC(C)[C@@H]1C[C@H](N)c2ccccc2N1C(=O)OC(C)(C)C. The minimum atomic E-state index is -0.507. The lowest BCUT2D eigenvalue weighted by atomic mass is 9.86. The van der Waals surface area contributed by atoms with Gasteiger partial charge in [0, 0.05) is 12.1 Å². The zero-order valence-electron chi connectivity index (χ0n) is 13.6. The summed E-state index contributed by atoms with van der Waals surface area (Å²) in [5, 5.41) is 0. The number of carbonyl (C=O) groups excluding carboxylic acids is 1. The molecule has 4 nitrogen and oxygen atoms in total. The van der Waals surface area contributed by atoms with Gasteiger partial charge in [0.25, 0.3) is 0 Å². The molecule has 2 rings (SSSR count). The van der Waals surface area contributed by atoms with Crippen LogP contribution in [0.25, 0.3) is 0 Å². The van der Waals surface area contributed by atoms with Gasteiger partial charge in [0.15, 0.2) is 0 Å². The summed E-state index contributed by atoms with van der Waals surface area (Å²) in [6.45, 7) is 9.88. The summed E-state index contributed by atoms with van der Waals surface area (Å²) in [7, 11) is 0. The van der Waals surface area contributed by atoms with Gasteiger partial charge < -0.3 is 10.5 Å². The first-order valence-electron chi connectivity index (χ1n) is 7.57. The zero-order valence-corrected chi connectivity index (χ0v) is 13.6. The second-order valence-electron chi connectivity index (χ2n) is 7.06. The van der Waals surface area contributed by atoms with Crippen LogP contribution in [0.4, 0.5) is 10.5 Å². The average Bonchev–Trinajstić information content (AvgIpc) is 2.36. The van der Waals surface area contributed by atoms with Crippen molar-refractivity contribution in [1.29, 1.82) is 0 Å². The van der Waals surface area contributed by atoms with Gasteiger partial charge >= 0.3 is 6.09 Å². The number of para-hydroxylation sites is 1. The Morgan fingerprint density at radius 3 is 2.52 bits per heavy atom. The van der Waals surface area contributed by atoms with E-state index in [1.54, 1.807) is 4.90 Å². The van der Waals surface area contributed by atoms with Crippen molar-refractivity contribution in [2.45, 2.75) is 58.7 Å². The number of nitrogens with zero attached hydrogens (tertiary/aromatic N) is 1. The summed E-state index contributed by atoms with van der Waals surface area (Å²) in [4.78, 5) is 14.4. The zero-order chi connectivity index (χ0) is 15.8. The monoisotopic (exact) mass is 290 g/mol. The predicted molar refractivity (Wildman–Crippen MR) is 85.3 cm³/mol. The molecular weight excluding hydrogens is 264 g/mol. The number of benzene rings is 1. The number of ether oxygens (including phenoxy) is 1. The maximum Gasteiger partial charge on any atom is 0.415 e. The Morgan fingerprint density at radius 2 is 1.95 bits per heavy atom. The van der Waals surface area contributed by atoms with Gasteiger partial charge in [-0.05, 0) is 44.7 Å². The molecule has 1 aliphatic heterocycles. The van der Waals surface area contributed by atoms with E-state index in [9.17, 15) is 4.79 Å². The lowest BCUT2D eigenvalue weighted by molar-refractivity contribution is 0.0548. The van der Waals surface area contributed by atoms with Gasteiger partial charge in [-0.15, -0.1) is 0 Å². The van der Waals surface area contributed by atoms with Crippen LogP contribution in [0.3, 0.4) is 0 Å². The summed E-state index contributed by atoms with van der Waals surface area (Å²) in [5.74, 6) is 0.317. The minimum absolute atomic E-state index is 0.0349. The molecule has 1 aromatic carbocycles. The second kappa shape index (κ2) is 5.68. The van der Waals surface area contributed by atoms with Crippen molar-refractivity contribution in [2.24, 2.45) is 11.7 Å². The molecule has 0 aliphatic carbocycles. The van der Waals surface area contributed by atoms with Crippen molar-refractivity contribution in [3.63, 3.8) is 0 Å². The van der Waals surface area contributed by atoms with Gasteiger partial charge in [0.2, 0.25) is 0 Å². The van der Waals surface area contributed by atoms with Crippen LogP contribution >= 0.6 is 0 Å². The summed E-state index contributed by atoms with van der Waals surface area (Å²) < 4.78 is 5.60. The van der Waals surface area contributed by atoms with Crippen LogP contribution < -0.4 is 10.6 Å². The fourth-order valence-corrected chi connectivity index (χ4v) is 2.81. The van der Waals surface area contributed by atoms with Gasteiger partial charge in [-0.1, -0.05) is 32.0 Å². The van der Waals surface area contributed by atoms with Crippen LogP contribution in [0.2, 0.25) is 0 Å². The highest BCUT2D eigenvalue weighted by Crippen LogP contribution is 2.38. The summed E-state index contributed by atoms with van der Waals surface area (Å²) in [5.41, 5.74) is 7.67. The molecule has 1 aliphatic rings. The van der Waals surface area contributed by atoms with Crippen molar-refractivity contribution in [2.75, 3.05) is 4.90 Å². The fraction of sp³-hybridized carbons (Fsp3) is 0.588. The summed E-state index contributed by atoms with van der Waals surface area (Å²) >= 11 is 0. The molecule has 21 heavy (non-hydrogen) atoms. The Hall–Kier alpha value is -1.55. The first kappa shape index (κ1) is 15.8. The fourth-order valence-electron chi connectivity index (χ4n) is 2.81. The van der Waals surface area contributed by atoms with Gasteiger partial charge in [-0.25, -0.2) is 4.79 Å². The molecule has 1 aromatic rings. The number of rotatable bonds is 1. The van der Waals surface area contributed by atoms with E-state index in [2.05, 4.69) is 13.8 Å². The van der Waals surface area contributed by atoms with Gasteiger partial charge in [-0.3, -0.25) is 4.90 Å². The highest BCUT2D eigenvalue weighted by molar-refractivity contribution is 5.90. The van der Waals surface area contributed by atoms with Crippen molar-refractivity contribution in [1.82, 2.24) is 0 Å². The number of fused-ring (bicyclic) bond motifs is 1. The number of carbonyl (C=O) groups is 1. The molecule has 0 fully saturated rings. The van der Waals surface area contributed by atoms with E-state index in [1.807, 2.05) is 45.0 Å². The van der Waals surface area contributed by atoms with Crippen LogP contribution in [0.15, 0.2) is 24.3 Å². The van der Waals surface area contributed by atoms with Crippen molar-refractivity contribution >= 4 is 11.8 Å². The van der Waals surface area contributed by atoms with Crippen LogP contribution in [0.1, 0.15) is 52.6 Å². The molecule has 0 unspecified atom stereocenters. The summed E-state index contributed by atoms with van der Waals surface area (Å²) in [6.07, 6.45) is 0.467. The van der Waals surface area contributed by atoms with Crippen LogP contribution in [0, 0.1) is 5.92 Å². The third kappa shape index (κ3) is 3.38. The number of amides is 1. The largest absolute Gasteiger partial charge is 0.443 e. The minimum Gasteiger partial charge on any atom is -0.443 e. The molecule has 2 atom stereocenters. The maximum atomic E-state index is 12.7. The van der Waals surface area contributed by atoms with Gasteiger partial charge in [-0.2, -0.15) is 0 Å². The van der Waals surface area contributed by atoms with E-state index in [-0.39, 0.29) is 18.2 Å². The molecule has 116 valence electrons. The molecule has 0 aromatic heterocycles. The van der Waals surface area contributed by atoms with E-state index >= 15 is 0 Å². The van der Waals surface area contributed by atoms with E-state index in [0.29, 0.717) is 5.92 Å². The molecular formula is C17H26N2O2. The quantitative estimate of drug-likeness (QED) is 0.854. The van der Waals surface area contributed by atoms with Crippen LogP contribution in [0.5, 0.6) is 0 Å². The van der Waals surface area contributed by atoms with Gasteiger partial charge in [0.1, 0.15) is 5.60 Å². The van der Waals surface area contributed by atoms with E-state index in [1.165, 1.54) is 0 Å². The second-order valence-corrected chi connectivity index (χ2v) is 7.06. The first-order chi connectivity index (χ1) is 9.70. The third-order valence-electron chi connectivity index (χ3n) is 3.78. The summed E-state index contributed by atoms with van der Waals surface area (Å²) in [6, 6.07) is 7.87. The van der Waals surface area contributed by atoms with Crippen LogP contribution in [-0.4, -0.2) is 17.7 Å². The van der Waals surface area contributed by atoms with E-state index in [0.717, 1.165) is 17.7 Å². The number of hydrogen-bond acceptors (Lipinski definition) is 3. The predicted octanol–water partition coefficient (Wildman–Crippen LogP) is 3.86. The molecule has 0 bridgehead atoms. The molecule has 2 N–H and O–H groups in total. The molecule has 0 saturated heterocycles. The highest BCUT2D eigenvalue weighted by Gasteiger charge is 2.38. The molecule has 0 spiro atoms. The normalized spacial score (nSPS) is 22.1. The topological polar surface area (TPSA) is 55.6 Å². The molecule has 1 heterocycles. The Kier molecular flexibility index (Phi) is 4.28. The molecule has 1 amide bonds. The molecule has 0 radical (unpaired) electrons. The first-order valence-corrected chi connectivity index (χ1v) is 7.57. The smallest absolute Gasteiger partial charge is 0.415 e. The van der Waals surface area contributed by atoms with Crippen LogP contribution in [-0.2, 0) is 4.74 Å². The van der Waals surface area contributed by atoms with Crippen molar-refractivity contribution < 1.29 is 9.53 Å². The standard InChI is InChI=1S/C17H26N2O2/c1-11(2)15-10-13(18)12-8-6-7-9-14(12)19(15)16(20)21-17(3,4)5/h6-9,11,13,15H,10,18H2,1-5H3/t13-,15-/m0/s1. The Balaban J connectivity index is 2.42. The lowest BCUT2D eigenvalue weighted by Crippen LogP contribution is -2.50. The molecule has 4 heteroatoms. The Morgan fingerprint density at radius 1 is 1.33 bits per heavy atom. The Bertz CT molecular complexity index is 520. The maximum absolute atomic E-state index is 12.7. The number of anilines is 1. The third-order valence-corrected chi connectivity index (χ3v) is 3.78. The highest BCUT2D eigenvalue weighted by atomic mass is 16.6. The Labute approximate surface area is 127 Å². The number of hydrogen-bond donors (Lipinski definition) is 1. The average molecular weight is 290 g/mol. The van der Waals surface area contributed by atoms with Crippen molar-refractivity contribution in [3.05, 3.63) is 29.8 Å². The van der Waals surface area contributed by atoms with Crippen molar-refractivity contribution in [3.8, 4) is 0 Å². The number of nitrogens with two attached hydrogens (primary N) is 1. The van der Waals surface area contributed by atoms with E-state index < -0.39 is 5.60 Å². The molecule has 0 saturated carbocycles. The van der Waals surface area contributed by atoms with E-state index in [4.69, 9.17) is 10.5 Å². The van der Waals surface area contributed by atoms with Gasteiger partial charge in [0.05, 0.1) is 5.69 Å².